The molecule has 0 atom stereocenters. The molecule has 0 spiro atoms. The number of ether oxygens (including phenoxy) is 2. The fourth-order valence-electron chi connectivity index (χ4n) is 1.48. The number of hydrogen-bond donors (Lipinski definition) is 1. The first kappa shape index (κ1) is 11.8. The van der Waals surface area contributed by atoms with Gasteiger partial charge in [0, 0.05) is 11.3 Å². The second kappa shape index (κ2) is 5.09. The van der Waals surface area contributed by atoms with Crippen LogP contribution in [-0.2, 0) is 0 Å². The maximum atomic E-state index is 11.0. The van der Waals surface area contributed by atoms with Crippen molar-refractivity contribution >= 4 is 22.7 Å². The first-order valence-electron chi connectivity index (χ1n) is 4.96. The van der Waals surface area contributed by atoms with Gasteiger partial charge in [0.25, 0.3) is 5.24 Å². The molecular formula is C11H12N2O3S. The van der Waals surface area contributed by atoms with Gasteiger partial charge in [-0.2, -0.15) is 5.10 Å². The normalized spacial score (nSPS) is 14.9. The summed E-state index contributed by atoms with van der Waals surface area (Å²) in [6.07, 6.45) is 0. The lowest BCUT2D eigenvalue weighted by atomic mass is 10.1. The van der Waals surface area contributed by atoms with Gasteiger partial charge in [0.15, 0.2) is 11.5 Å². The van der Waals surface area contributed by atoms with Crippen LogP contribution >= 0.6 is 11.8 Å². The van der Waals surface area contributed by atoms with Crippen molar-refractivity contribution in [2.75, 3.05) is 20.0 Å². The third-order valence-corrected chi connectivity index (χ3v) is 3.11. The third-order valence-electron chi connectivity index (χ3n) is 2.34. The Hall–Kier alpha value is -1.69. The molecule has 1 aromatic carbocycles. The van der Waals surface area contributed by atoms with Crippen molar-refractivity contribution in [3.63, 3.8) is 0 Å². The molecule has 1 amide bonds. The minimum Gasteiger partial charge on any atom is -0.493 e. The van der Waals surface area contributed by atoms with Crippen molar-refractivity contribution in [2.45, 2.75) is 0 Å². The Morgan fingerprint density at radius 1 is 1.29 bits per heavy atom. The summed E-state index contributed by atoms with van der Waals surface area (Å²) in [5, 5.41) is 3.88. The average Bonchev–Trinajstić information content (AvgIpc) is 2.39. The number of carbonyl (C=O) groups is 1. The van der Waals surface area contributed by atoms with Crippen molar-refractivity contribution in [1.82, 2.24) is 5.43 Å². The van der Waals surface area contributed by atoms with E-state index >= 15 is 0 Å². The molecule has 1 aliphatic heterocycles. The second-order valence-electron chi connectivity index (χ2n) is 3.32. The van der Waals surface area contributed by atoms with Crippen LogP contribution in [0, 0.1) is 0 Å². The molecule has 2 rings (SSSR count). The number of amides is 1. The van der Waals surface area contributed by atoms with Crippen molar-refractivity contribution in [3.05, 3.63) is 23.8 Å². The van der Waals surface area contributed by atoms with Gasteiger partial charge >= 0.3 is 0 Å². The first-order chi connectivity index (χ1) is 8.24. The molecule has 0 radical (unpaired) electrons. The molecule has 0 bridgehead atoms. The molecule has 0 saturated heterocycles. The van der Waals surface area contributed by atoms with Crippen LogP contribution in [0.4, 0.5) is 4.79 Å². The predicted molar refractivity (Wildman–Crippen MR) is 67.1 cm³/mol. The summed E-state index contributed by atoms with van der Waals surface area (Å²) < 4.78 is 10.4. The van der Waals surface area contributed by atoms with Crippen LogP contribution in [-0.4, -0.2) is 30.9 Å². The van der Waals surface area contributed by atoms with E-state index in [-0.39, 0.29) is 5.24 Å². The highest BCUT2D eigenvalue weighted by Gasteiger charge is 2.15. The SMILES string of the molecule is COc1ccc(C2=NNC(=O)SC2)cc1OC. The lowest BCUT2D eigenvalue weighted by Gasteiger charge is -2.13. The quantitative estimate of drug-likeness (QED) is 0.892. The average molecular weight is 252 g/mol. The molecule has 0 fully saturated rings. The standard InChI is InChI=1S/C11H12N2O3S/c1-15-9-4-3-7(5-10(9)16-2)8-6-17-11(14)13-12-8/h3-5H,6H2,1-2H3,(H,13,14). The molecule has 1 aromatic rings. The van der Waals surface area contributed by atoms with Gasteiger partial charge in [0.1, 0.15) is 0 Å². The van der Waals surface area contributed by atoms with Crippen molar-refractivity contribution in [1.29, 1.82) is 0 Å². The largest absolute Gasteiger partial charge is 0.493 e. The minimum atomic E-state index is -0.130. The number of hydrogen-bond acceptors (Lipinski definition) is 5. The van der Waals surface area contributed by atoms with Gasteiger partial charge in [-0.15, -0.1) is 0 Å². The van der Waals surface area contributed by atoms with Gasteiger partial charge in [0.2, 0.25) is 0 Å². The molecule has 17 heavy (non-hydrogen) atoms. The molecule has 1 N–H and O–H groups in total. The Kier molecular flexibility index (Phi) is 3.53. The van der Waals surface area contributed by atoms with E-state index in [9.17, 15) is 4.79 Å². The van der Waals surface area contributed by atoms with E-state index in [1.54, 1.807) is 14.2 Å². The van der Waals surface area contributed by atoms with E-state index in [0.717, 1.165) is 11.3 Å². The molecular weight excluding hydrogens is 240 g/mol. The Balaban J connectivity index is 2.30. The van der Waals surface area contributed by atoms with Crippen molar-refractivity contribution in [2.24, 2.45) is 5.10 Å². The molecule has 0 saturated carbocycles. The first-order valence-corrected chi connectivity index (χ1v) is 5.95. The molecule has 90 valence electrons. The van der Waals surface area contributed by atoms with Crippen molar-refractivity contribution in [3.8, 4) is 11.5 Å². The second-order valence-corrected chi connectivity index (χ2v) is 4.26. The number of benzene rings is 1. The number of thioether (sulfide) groups is 1. The van der Waals surface area contributed by atoms with Crippen LogP contribution in [0.2, 0.25) is 0 Å². The van der Waals surface area contributed by atoms with Crippen molar-refractivity contribution < 1.29 is 14.3 Å². The number of rotatable bonds is 3. The fraction of sp³-hybridized carbons (Fsp3) is 0.273. The highest BCUT2D eigenvalue weighted by atomic mass is 32.2. The molecule has 0 aliphatic carbocycles. The Morgan fingerprint density at radius 3 is 2.65 bits per heavy atom. The zero-order valence-corrected chi connectivity index (χ0v) is 10.3. The molecule has 6 heteroatoms. The zero-order chi connectivity index (χ0) is 12.3. The van der Waals surface area contributed by atoms with Crippen LogP contribution < -0.4 is 14.9 Å². The Labute approximate surface area is 103 Å². The molecule has 0 aromatic heterocycles. The predicted octanol–water partition coefficient (Wildman–Crippen LogP) is 1.86. The van der Waals surface area contributed by atoms with Crippen LogP contribution in [0.5, 0.6) is 11.5 Å². The van der Waals surface area contributed by atoms with Gasteiger partial charge in [-0.3, -0.25) is 4.79 Å². The fourth-order valence-corrected chi connectivity index (χ4v) is 2.08. The lowest BCUT2D eigenvalue weighted by molar-refractivity contribution is 0.261. The van der Waals surface area contributed by atoms with Gasteiger partial charge in [-0.05, 0) is 18.2 Å². The summed E-state index contributed by atoms with van der Waals surface area (Å²) in [4.78, 5) is 11.0. The Morgan fingerprint density at radius 2 is 2.06 bits per heavy atom. The number of methoxy groups -OCH3 is 2. The number of carbonyl (C=O) groups excluding carboxylic acids is 1. The van der Waals surface area contributed by atoms with Crippen LogP contribution in [0.1, 0.15) is 5.56 Å². The van der Waals surface area contributed by atoms with E-state index < -0.39 is 0 Å². The number of nitrogens with zero attached hydrogens (tertiary/aromatic N) is 1. The summed E-state index contributed by atoms with van der Waals surface area (Å²) in [6, 6.07) is 5.55. The van der Waals surface area contributed by atoms with Gasteiger partial charge < -0.3 is 9.47 Å². The van der Waals surface area contributed by atoms with Gasteiger partial charge in [-0.25, -0.2) is 5.43 Å². The van der Waals surface area contributed by atoms with Crippen LogP contribution in [0.3, 0.4) is 0 Å². The van der Waals surface area contributed by atoms with E-state index in [2.05, 4.69) is 10.5 Å². The third kappa shape index (κ3) is 2.52. The monoisotopic (exact) mass is 252 g/mol. The van der Waals surface area contributed by atoms with E-state index in [4.69, 9.17) is 9.47 Å². The maximum Gasteiger partial charge on any atom is 0.299 e. The molecule has 5 nitrogen and oxygen atoms in total. The van der Waals surface area contributed by atoms with E-state index in [0.29, 0.717) is 17.3 Å². The summed E-state index contributed by atoms with van der Waals surface area (Å²) in [5.74, 6) is 1.88. The maximum absolute atomic E-state index is 11.0. The zero-order valence-electron chi connectivity index (χ0n) is 9.52. The molecule has 1 heterocycles. The topological polar surface area (TPSA) is 59.9 Å². The summed E-state index contributed by atoms with van der Waals surface area (Å²) in [7, 11) is 3.17. The lowest BCUT2D eigenvalue weighted by Crippen LogP contribution is -2.23. The van der Waals surface area contributed by atoms with E-state index in [1.165, 1.54) is 11.8 Å². The van der Waals surface area contributed by atoms with E-state index in [1.807, 2.05) is 18.2 Å². The Bertz CT molecular complexity index is 474. The van der Waals surface area contributed by atoms with Crippen LogP contribution in [0.15, 0.2) is 23.3 Å². The number of nitrogens with one attached hydrogen (secondary N) is 1. The molecule has 0 unspecified atom stereocenters. The minimum absolute atomic E-state index is 0.130. The molecule has 1 aliphatic rings. The highest BCUT2D eigenvalue weighted by molar-refractivity contribution is 8.14. The summed E-state index contributed by atoms with van der Waals surface area (Å²) >= 11 is 1.19. The number of hydrazone groups is 1. The van der Waals surface area contributed by atoms with Gasteiger partial charge in [-0.1, -0.05) is 11.8 Å². The summed E-state index contributed by atoms with van der Waals surface area (Å²) in [6.45, 7) is 0. The van der Waals surface area contributed by atoms with Crippen LogP contribution in [0.25, 0.3) is 0 Å². The van der Waals surface area contributed by atoms with Gasteiger partial charge in [0.05, 0.1) is 19.9 Å². The summed E-state index contributed by atoms with van der Waals surface area (Å²) in [5.41, 5.74) is 4.16. The highest BCUT2D eigenvalue weighted by Crippen LogP contribution is 2.28. The smallest absolute Gasteiger partial charge is 0.299 e.